The summed E-state index contributed by atoms with van der Waals surface area (Å²) in [5, 5.41) is 3.32. The fraction of sp³-hybridized carbons (Fsp3) is 0.909. The van der Waals surface area contributed by atoms with Crippen molar-refractivity contribution in [3.05, 3.63) is 0 Å². The summed E-state index contributed by atoms with van der Waals surface area (Å²) in [5.41, 5.74) is 0. The van der Waals surface area contributed by atoms with Gasteiger partial charge < -0.3 is 10.1 Å². The van der Waals surface area contributed by atoms with Crippen LogP contribution in [0.3, 0.4) is 0 Å². The first kappa shape index (κ1) is 14.5. The maximum Gasteiger partial charge on any atom is 0.422 e. The molecule has 2 aliphatic heterocycles. The summed E-state index contributed by atoms with van der Waals surface area (Å²) in [6, 6.07) is 0.200. The van der Waals surface area contributed by atoms with E-state index in [1.807, 2.05) is 4.72 Å². The van der Waals surface area contributed by atoms with Gasteiger partial charge in [0, 0.05) is 19.1 Å². The van der Waals surface area contributed by atoms with Gasteiger partial charge in [0.25, 0.3) is 0 Å². The van der Waals surface area contributed by atoms with Crippen LogP contribution in [0.1, 0.15) is 26.7 Å². The quantitative estimate of drug-likeness (QED) is 0.767. The lowest BCUT2D eigenvalue weighted by Crippen LogP contribution is -2.44. The molecule has 2 atom stereocenters. The van der Waals surface area contributed by atoms with E-state index in [2.05, 4.69) is 5.32 Å². The van der Waals surface area contributed by atoms with Crippen LogP contribution in [0, 0.1) is 5.92 Å². The van der Waals surface area contributed by atoms with Crippen molar-refractivity contribution in [2.75, 3.05) is 19.6 Å². The van der Waals surface area contributed by atoms with Gasteiger partial charge in [0.2, 0.25) is 0 Å². The lowest BCUT2D eigenvalue weighted by Gasteiger charge is -2.24. The number of hydrogen-bond donors (Lipinski definition) is 2. The van der Waals surface area contributed by atoms with E-state index in [0.29, 0.717) is 19.0 Å². The zero-order valence-corrected chi connectivity index (χ0v) is 12.1. The third-order valence-electron chi connectivity index (χ3n) is 3.46. The van der Waals surface area contributed by atoms with Crippen molar-refractivity contribution in [1.82, 2.24) is 14.3 Å². The van der Waals surface area contributed by atoms with Gasteiger partial charge in [0.15, 0.2) is 0 Å². The van der Waals surface area contributed by atoms with Crippen LogP contribution in [0.5, 0.6) is 0 Å². The van der Waals surface area contributed by atoms with E-state index in [0.717, 1.165) is 19.4 Å². The highest BCUT2D eigenvalue weighted by molar-refractivity contribution is 7.87. The molecule has 2 N–H and O–H groups in total. The van der Waals surface area contributed by atoms with Crippen molar-refractivity contribution in [2.24, 2.45) is 5.92 Å². The summed E-state index contributed by atoms with van der Waals surface area (Å²) >= 11 is 0. The first-order chi connectivity index (χ1) is 8.88. The molecule has 0 aromatic rings. The molecule has 2 rings (SSSR count). The van der Waals surface area contributed by atoms with Crippen LogP contribution in [0.4, 0.5) is 4.79 Å². The van der Waals surface area contributed by atoms with Gasteiger partial charge in [0.05, 0.1) is 6.10 Å². The molecule has 110 valence electrons. The molecule has 2 saturated heterocycles. The van der Waals surface area contributed by atoms with Gasteiger partial charge in [-0.15, -0.1) is 0 Å². The number of nitrogens with zero attached hydrogens (tertiary/aromatic N) is 1. The van der Waals surface area contributed by atoms with Crippen molar-refractivity contribution in [3.63, 3.8) is 0 Å². The molecule has 7 nitrogen and oxygen atoms in total. The van der Waals surface area contributed by atoms with Crippen LogP contribution in [-0.4, -0.2) is 50.6 Å². The van der Waals surface area contributed by atoms with Gasteiger partial charge in [-0.1, -0.05) is 0 Å². The zero-order valence-electron chi connectivity index (χ0n) is 11.3. The SMILES string of the molecule is CC(C)OC(=O)NS(=O)(=O)N1CC2CCCNC2C1. The normalized spacial score (nSPS) is 28.2. The highest BCUT2D eigenvalue weighted by Crippen LogP contribution is 2.26. The highest BCUT2D eigenvalue weighted by Gasteiger charge is 2.40. The fourth-order valence-electron chi connectivity index (χ4n) is 2.61. The molecule has 0 aromatic heterocycles. The number of hydrogen-bond acceptors (Lipinski definition) is 5. The standard InChI is InChI=1S/C11H21N3O4S/c1-8(2)18-11(15)13-19(16,17)14-6-9-4-3-5-12-10(9)7-14/h8-10,12H,3-7H2,1-2H3,(H,13,15). The minimum Gasteiger partial charge on any atom is -0.446 e. The van der Waals surface area contributed by atoms with Crippen LogP contribution < -0.4 is 10.0 Å². The molecule has 19 heavy (non-hydrogen) atoms. The summed E-state index contributed by atoms with van der Waals surface area (Å²) in [6.07, 6.45) is 0.828. The molecular weight excluding hydrogens is 270 g/mol. The topological polar surface area (TPSA) is 87.7 Å². The Kier molecular flexibility index (Phi) is 4.32. The Morgan fingerprint density at radius 1 is 1.42 bits per heavy atom. The largest absolute Gasteiger partial charge is 0.446 e. The van der Waals surface area contributed by atoms with E-state index >= 15 is 0 Å². The number of amides is 1. The maximum atomic E-state index is 12.1. The molecule has 8 heteroatoms. The second kappa shape index (κ2) is 5.64. The predicted molar refractivity (Wildman–Crippen MR) is 69.8 cm³/mol. The average molecular weight is 291 g/mol. The summed E-state index contributed by atoms with van der Waals surface area (Å²) in [6.45, 7) is 5.13. The Morgan fingerprint density at radius 2 is 2.16 bits per heavy atom. The Labute approximate surface area is 113 Å². The van der Waals surface area contributed by atoms with E-state index in [9.17, 15) is 13.2 Å². The zero-order chi connectivity index (χ0) is 14.0. The summed E-state index contributed by atoms with van der Waals surface area (Å²) in [4.78, 5) is 11.4. The van der Waals surface area contributed by atoms with E-state index in [1.54, 1.807) is 13.8 Å². The van der Waals surface area contributed by atoms with Crippen LogP contribution in [-0.2, 0) is 14.9 Å². The molecule has 2 fully saturated rings. The number of rotatable bonds is 3. The lowest BCUT2D eigenvalue weighted by molar-refractivity contribution is 0.121. The van der Waals surface area contributed by atoms with Gasteiger partial charge in [0.1, 0.15) is 0 Å². The molecule has 2 aliphatic rings. The second-order valence-electron chi connectivity index (χ2n) is 5.34. The molecular formula is C11H21N3O4S. The smallest absolute Gasteiger partial charge is 0.422 e. The highest BCUT2D eigenvalue weighted by atomic mass is 32.2. The molecule has 0 aliphatic carbocycles. The molecule has 1 amide bonds. The molecule has 0 radical (unpaired) electrons. The number of nitrogens with one attached hydrogen (secondary N) is 2. The Hall–Kier alpha value is -0.860. The third kappa shape index (κ3) is 3.58. The minimum absolute atomic E-state index is 0.200. The van der Waals surface area contributed by atoms with Crippen molar-refractivity contribution < 1.29 is 17.9 Å². The minimum atomic E-state index is -3.79. The number of carbonyl (C=O) groups excluding carboxylic acids is 1. The van der Waals surface area contributed by atoms with Gasteiger partial charge in [-0.2, -0.15) is 12.7 Å². The van der Waals surface area contributed by atoms with E-state index in [4.69, 9.17) is 4.74 Å². The monoisotopic (exact) mass is 291 g/mol. The average Bonchev–Trinajstić information content (AvgIpc) is 2.71. The number of piperidine rings is 1. The summed E-state index contributed by atoms with van der Waals surface area (Å²) in [5.74, 6) is 0.339. The Morgan fingerprint density at radius 3 is 2.79 bits per heavy atom. The van der Waals surface area contributed by atoms with Gasteiger partial charge in [-0.05, 0) is 39.2 Å². The molecule has 2 heterocycles. The second-order valence-corrected chi connectivity index (χ2v) is 7.01. The Balaban J connectivity index is 1.95. The van der Waals surface area contributed by atoms with Crippen molar-refractivity contribution in [1.29, 1.82) is 0 Å². The lowest BCUT2D eigenvalue weighted by atomic mass is 9.94. The van der Waals surface area contributed by atoms with Crippen LogP contribution in [0.2, 0.25) is 0 Å². The van der Waals surface area contributed by atoms with Gasteiger partial charge >= 0.3 is 16.3 Å². The molecule has 0 spiro atoms. The van der Waals surface area contributed by atoms with Crippen molar-refractivity contribution in [3.8, 4) is 0 Å². The molecule has 0 saturated carbocycles. The predicted octanol–water partition coefficient (Wildman–Crippen LogP) is 0.0496. The summed E-state index contributed by atoms with van der Waals surface area (Å²) in [7, 11) is -3.79. The van der Waals surface area contributed by atoms with Gasteiger partial charge in [-0.3, -0.25) is 0 Å². The molecule has 0 aromatic carbocycles. The first-order valence-electron chi connectivity index (χ1n) is 6.60. The third-order valence-corrected chi connectivity index (χ3v) is 4.86. The number of carbonyl (C=O) groups is 1. The van der Waals surface area contributed by atoms with Crippen molar-refractivity contribution >= 4 is 16.3 Å². The van der Waals surface area contributed by atoms with Crippen LogP contribution >= 0.6 is 0 Å². The van der Waals surface area contributed by atoms with E-state index in [1.165, 1.54) is 4.31 Å². The summed E-state index contributed by atoms with van der Waals surface area (Å²) < 4.78 is 32.2. The maximum absolute atomic E-state index is 12.1. The fourth-order valence-corrected chi connectivity index (χ4v) is 3.74. The first-order valence-corrected chi connectivity index (χ1v) is 8.04. The Bertz CT molecular complexity index is 423. The molecule has 2 unspecified atom stereocenters. The van der Waals surface area contributed by atoms with E-state index < -0.39 is 16.3 Å². The number of ether oxygens (including phenoxy) is 1. The molecule has 0 bridgehead atoms. The van der Waals surface area contributed by atoms with Crippen LogP contribution in [0.25, 0.3) is 0 Å². The number of fused-ring (bicyclic) bond motifs is 1. The van der Waals surface area contributed by atoms with E-state index in [-0.39, 0.29) is 12.1 Å². The van der Waals surface area contributed by atoms with Crippen LogP contribution in [0.15, 0.2) is 0 Å². The van der Waals surface area contributed by atoms with Crippen molar-refractivity contribution in [2.45, 2.75) is 38.8 Å². The van der Waals surface area contributed by atoms with Gasteiger partial charge in [-0.25, -0.2) is 9.52 Å².